The number of fused-ring (bicyclic) bond motifs is 1. The number of ketones is 1. The number of hydrogen-bond donors (Lipinski definition) is 1. The molecule has 0 saturated carbocycles. The number of nitrogens with one attached hydrogen (secondary N) is 1. The van der Waals surface area contributed by atoms with Gasteiger partial charge < -0.3 is 15.1 Å². The van der Waals surface area contributed by atoms with E-state index in [2.05, 4.69) is 22.2 Å². The van der Waals surface area contributed by atoms with Crippen LogP contribution in [0, 0.1) is 0 Å². The zero-order valence-electron chi connectivity index (χ0n) is 13.6. The molecule has 1 N–H and O–H groups in total. The van der Waals surface area contributed by atoms with E-state index in [9.17, 15) is 4.79 Å². The number of likely N-dealkylation sites (N-methyl/N-ethyl adjacent to an activating group) is 1. The molecule has 1 fully saturated rings. The van der Waals surface area contributed by atoms with Crippen LogP contribution in [0.15, 0.2) is 30.0 Å². The van der Waals surface area contributed by atoms with Gasteiger partial charge in [0.2, 0.25) is 0 Å². The van der Waals surface area contributed by atoms with Gasteiger partial charge in [0.25, 0.3) is 0 Å². The largest absolute Gasteiger partial charge is 0.391 e. The molecule has 1 heterocycles. The van der Waals surface area contributed by atoms with Gasteiger partial charge in [-0.1, -0.05) is 23.7 Å². The predicted octanol–water partition coefficient (Wildman–Crippen LogP) is 2.19. The molecule has 4 nitrogen and oxygen atoms in total. The second kappa shape index (κ2) is 7.47. The molecule has 0 atom stereocenters. The second-order valence-corrected chi connectivity index (χ2v) is 6.80. The van der Waals surface area contributed by atoms with Crippen molar-refractivity contribution in [3.05, 3.63) is 46.1 Å². The molecule has 1 aromatic carbocycles. The predicted molar refractivity (Wildman–Crippen MR) is 94.1 cm³/mol. The van der Waals surface area contributed by atoms with Crippen LogP contribution in [0.4, 0.5) is 0 Å². The SMILES string of the molecule is CN1CCN(CCCN/C=C2/Cc3c(Cl)cccc3C2=O)CC1. The van der Waals surface area contributed by atoms with E-state index in [1.165, 1.54) is 0 Å². The quantitative estimate of drug-likeness (QED) is 0.662. The molecule has 0 unspecified atom stereocenters. The van der Waals surface area contributed by atoms with Gasteiger partial charge in [0.1, 0.15) is 0 Å². The number of allylic oxidation sites excluding steroid dienone is 1. The lowest BCUT2D eigenvalue weighted by atomic mass is 10.1. The van der Waals surface area contributed by atoms with Gasteiger partial charge in [-0.05, 0) is 31.6 Å². The third-order valence-corrected chi connectivity index (χ3v) is 5.04. The van der Waals surface area contributed by atoms with Crippen LogP contribution in [0.1, 0.15) is 22.3 Å². The van der Waals surface area contributed by atoms with E-state index in [4.69, 9.17) is 11.6 Å². The Morgan fingerprint density at radius 3 is 2.78 bits per heavy atom. The average Bonchev–Trinajstić information content (AvgIpc) is 2.87. The third kappa shape index (κ3) is 3.94. The minimum Gasteiger partial charge on any atom is -0.391 e. The molecule has 3 rings (SSSR count). The van der Waals surface area contributed by atoms with E-state index in [1.54, 1.807) is 0 Å². The van der Waals surface area contributed by atoms with Crippen molar-refractivity contribution in [2.24, 2.45) is 0 Å². The molecule has 1 aliphatic carbocycles. The average molecular weight is 334 g/mol. The number of halogens is 1. The molecule has 124 valence electrons. The Bertz CT molecular complexity index is 606. The maximum atomic E-state index is 12.3. The third-order valence-electron chi connectivity index (χ3n) is 4.69. The van der Waals surface area contributed by atoms with E-state index >= 15 is 0 Å². The van der Waals surface area contributed by atoms with Crippen molar-refractivity contribution in [3.63, 3.8) is 0 Å². The Balaban J connectivity index is 1.43. The number of benzene rings is 1. The van der Waals surface area contributed by atoms with E-state index in [-0.39, 0.29) is 5.78 Å². The first-order chi connectivity index (χ1) is 11.1. The Labute approximate surface area is 143 Å². The topological polar surface area (TPSA) is 35.6 Å². The summed E-state index contributed by atoms with van der Waals surface area (Å²) < 4.78 is 0. The van der Waals surface area contributed by atoms with Crippen LogP contribution in [0.2, 0.25) is 5.02 Å². The van der Waals surface area contributed by atoms with E-state index < -0.39 is 0 Å². The van der Waals surface area contributed by atoms with Gasteiger partial charge >= 0.3 is 0 Å². The molecule has 1 aromatic rings. The number of nitrogens with zero attached hydrogens (tertiary/aromatic N) is 2. The summed E-state index contributed by atoms with van der Waals surface area (Å²) in [5, 5.41) is 3.99. The summed E-state index contributed by atoms with van der Waals surface area (Å²) in [6.45, 7) is 6.64. The first-order valence-corrected chi connectivity index (χ1v) is 8.68. The zero-order valence-corrected chi connectivity index (χ0v) is 14.4. The number of carbonyl (C=O) groups is 1. The molecule has 1 aliphatic heterocycles. The summed E-state index contributed by atoms with van der Waals surface area (Å²) in [5.41, 5.74) is 2.53. The van der Waals surface area contributed by atoms with Crippen molar-refractivity contribution < 1.29 is 4.79 Å². The number of rotatable bonds is 5. The molecule has 1 saturated heterocycles. The van der Waals surface area contributed by atoms with Crippen LogP contribution in [-0.4, -0.2) is 61.9 Å². The highest BCUT2D eigenvalue weighted by Crippen LogP contribution is 2.31. The molecule has 0 bridgehead atoms. The van der Waals surface area contributed by atoms with Gasteiger partial charge in [-0.3, -0.25) is 4.79 Å². The lowest BCUT2D eigenvalue weighted by molar-refractivity contribution is 0.103. The second-order valence-electron chi connectivity index (χ2n) is 6.39. The first kappa shape index (κ1) is 16.5. The number of carbonyl (C=O) groups excluding carboxylic acids is 1. The van der Waals surface area contributed by atoms with Crippen LogP contribution in [0.3, 0.4) is 0 Å². The van der Waals surface area contributed by atoms with Crippen molar-refractivity contribution in [2.75, 3.05) is 46.3 Å². The Morgan fingerprint density at radius 2 is 2.04 bits per heavy atom. The summed E-state index contributed by atoms with van der Waals surface area (Å²) >= 11 is 6.17. The number of hydrogen-bond acceptors (Lipinski definition) is 4. The van der Waals surface area contributed by atoms with Gasteiger partial charge in [-0.25, -0.2) is 0 Å². The van der Waals surface area contributed by atoms with E-state index in [1.807, 2.05) is 24.4 Å². The van der Waals surface area contributed by atoms with Gasteiger partial charge in [0, 0.05) is 61.5 Å². The molecule has 2 aliphatic rings. The van der Waals surface area contributed by atoms with E-state index in [0.717, 1.165) is 62.4 Å². The first-order valence-electron chi connectivity index (χ1n) is 8.30. The number of piperazine rings is 1. The smallest absolute Gasteiger partial charge is 0.191 e. The lowest BCUT2D eigenvalue weighted by Gasteiger charge is -2.32. The fourth-order valence-electron chi connectivity index (χ4n) is 3.18. The highest BCUT2D eigenvalue weighted by atomic mass is 35.5. The van der Waals surface area contributed by atoms with Crippen molar-refractivity contribution in [1.82, 2.24) is 15.1 Å². The standard InChI is InChI=1S/C18H24ClN3O/c1-21-8-10-22(11-9-21)7-3-6-20-13-14-12-16-15(18(14)23)4-2-5-17(16)19/h2,4-5,13,20H,3,6-12H2,1H3/b14-13-. The van der Waals surface area contributed by atoms with Crippen molar-refractivity contribution in [3.8, 4) is 0 Å². The summed E-state index contributed by atoms with van der Waals surface area (Å²) in [4.78, 5) is 17.2. The van der Waals surface area contributed by atoms with Crippen LogP contribution in [0.25, 0.3) is 0 Å². The minimum absolute atomic E-state index is 0.106. The van der Waals surface area contributed by atoms with Crippen molar-refractivity contribution in [1.29, 1.82) is 0 Å². The Kier molecular flexibility index (Phi) is 5.36. The summed E-state index contributed by atoms with van der Waals surface area (Å²) in [6.07, 6.45) is 3.61. The summed E-state index contributed by atoms with van der Waals surface area (Å²) in [6, 6.07) is 5.54. The molecule has 23 heavy (non-hydrogen) atoms. The molecular weight excluding hydrogens is 310 g/mol. The maximum Gasteiger partial charge on any atom is 0.191 e. The normalized spacial score (nSPS) is 21.0. The molecular formula is C18H24ClN3O. The monoisotopic (exact) mass is 333 g/mol. The molecule has 0 spiro atoms. The van der Waals surface area contributed by atoms with Crippen molar-refractivity contribution in [2.45, 2.75) is 12.8 Å². The fourth-order valence-corrected chi connectivity index (χ4v) is 3.42. The van der Waals surface area contributed by atoms with Crippen molar-refractivity contribution >= 4 is 17.4 Å². The molecule has 0 aromatic heterocycles. The number of Topliss-reactive ketones (excluding diaryl/α,β-unsaturated/α-hetero) is 1. The molecule has 0 amide bonds. The van der Waals surface area contributed by atoms with E-state index in [0.29, 0.717) is 11.4 Å². The van der Waals surface area contributed by atoms with Crippen LogP contribution < -0.4 is 5.32 Å². The van der Waals surface area contributed by atoms with Crippen LogP contribution >= 0.6 is 11.6 Å². The zero-order chi connectivity index (χ0) is 16.2. The summed E-state index contributed by atoms with van der Waals surface area (Å²) in [7, 11) is 2.17. The van der Waals surface area contributed by atoms with Crippen LogP contribution in [-0.2, 0) is 6.42 Å². The fraction of sp³-hybridized carbons (Fsp3) is 0.500. The lowest BCUT2D eigenvalue weighted by Crippen LogP contribution is -2.45. The highest BCUT2D eigenvalue weighted by molar-refractivity contribution is 6.32. The van der Waals surface area contributed by atoms with Gasteiger partial charge in [-0.15, -0.1) is 0 Å². The highest BCUT2D eigenvalue weighted by Gasteiger charge is 2.26. The molecule has 5 heteroatoms. The minimum atomic E-state index is 0.106. The van der Waals surface area contributed by atoms with Gasteiger partial charge in [-0.2, -0.15) is 0 Å². The maximum absolute atomic E-state index is 12.3. The molecule has 0 radical (unpaired) electrons. The summed E-state index contributed by atoms with van der Waals surface area (Å²) in [5.74, 6) is 0.106. The van der Waals surface area contributed by atoms with Gasteiger partial charge in [0.15, 0.2) is 5.78 Å². The Hall–Kier alpha value is -1.36. The van der Waals surface area contributed by atoms with Crippen LogP contribution in [0.5, 0.6) is 0 Å². The Morgan fingerprint density at radius 1 is 1.26 bits per heavy atom. The van der Waals surface area contributed by atoms with Gasteiger partial charge in [0.05, 0.1) is 0 Å².